The van der Waals surface area contributed by atoms with E-state index < -0.39 is 0 Å². The summed E-state index contributed by atoms with van der Waals surface area (Å²) in [6, 6.07) is 3.42. The van der Waals surface area contributed by atoms with Crippen molar-refractivity contribution in [1.82, 2.24) is 4.90 Å². The van der Waals surface area contributed by atoms with Crippen LogP contribution in [0.1, 0.15) is 15.9 Å². The molecule has 0 atom stereocenters. The van der Waals surface area contributed by atoms with E-state index in [0.717, 1.165) is 5.56 Å². The Morgan fingerprint density at radius 2 is 2.00 bits per heavy atom. The van der Waals surface area contributed by atoms with Crippen LogP contribution in [0.3, 0.4) is 0 Å². The van der Waals surface area contributed by atoms with Gasteiger partial charge in [-0.25, -0.2) is 0 Å². The van der Waals surface area contributed by atoms with Crippen LogP contribution in [0.5, 0.6) is 5.75 Å². The number of carbonyl (C=O) groups is 1. The minimum atomic E-state index is -0.109. The first-order valence-corrected chi connectivity index (χ1v) is 4.63. The summed E-state index contributed by atoms with van der Waals surface area (Å²) < 4.78 is 5.20. The van der Waals surface area contributed by atoms with Gasteiger partial charge in [-0.05, 0) is 24.6 Å². The van der Waals surface area contributed by atoms with E-state index in [9.17, 15) is 4.79 Å². The molecular weight excluding hydrogens is 192 g/mol. The normalized spacial score (nSPS) is 9.87. The Bertz CT molecular complexity index is 386. The lowest BCUT2D eigenvalue weighted by Crippen LogP contribution is -2.22. The van der Waals surface area contributed by atoms with Crippen molar-refractivity contribution in [3.8, 4) is 5.75 Å². The van der Waals surface area contributed by atoms with E-state index in [1.54, 1.807) is 33.3 Å². The Kier molecular flexibility index (Phi) is 3.19. The Morgan fingerprint density at radius 3 is 2.47 bits per heavy atom. The van der Waals surface area contributed by atoms with E-state index in [4.69, 9.17) is 10.5 Å². The van der Waals surface area contributed by atoms with E-state index in [1.165, 1.54) is 4.90 Å². The molecule has 4 nitrogen and oxygen atoms in total. The second kappa shape index (κ2) is 4.21. The zero-order valence-electron chi connectivity index (χ0n) is 9.50. The molecule has 2 N–H and O–H groups in total. The zero-order chi connectivity index (χ0) is 11.6. The van der Waals surface area contributed by atoms with Crippen LogP contribution in [0.25, 0.3) is 0 Å². The van der Waals surface area contributed by atoms with Crippen LogP contribution in [0.4, 0.5) is 5.69 Å². The third kappa shape index (κ3) is 2.21. The Balaban J connectivity index is 3.32. The van der Waals surface area contributed by atoms with Crippen LogP contribution >= 0.6 is 0 Å². The van der Waals surface area contributed by atoms with E-state index in [0.29, 0.717) is 17.0 Å². The third-order valence-electron chi connectivity index (χ3n) is 2.14. The number of benzene rings is 1. The Hall–Kier alpha value is -1.71. The molecule has 82 valence electrons. The van der Waals surface area contributed by atoms with Crippen molar-refractivity contribution in [1.29, 1.82) is 0 Å². The number of nitrogen functional groups attached to an aromatic ring is 1. The summed E-state index contributed by atoms with van der Waals surface area (Å²) in [4.78, 5) is 13.3. The van der Waals surface area contributed by atoms with Gasteiger partial charge in [-0.3, -0.25) is 4.79 Å². The lowest BCUT2D eigenvalue weighted by molar-refractivity contribution is 0.0824. The molecule has 0 heterocycles. The van der Waals surface area contributed by atoms with Crippen LogP contribution in [0.2, 0.25) is 0 Å². The van der Waals surface area contributed by atoms with Crippen molar-refractivity contribution in [2.24, 2.45) is 0 Å². The number of methoxy groups -OCH3 is 1. The quantitative estimate of drug-likeness (QED) is 0.745. The van der Waals surface area contributed by atoms with Crippen LogP contribution in [0.15, 0.2) is 12.1 Å². The molecule has 1 amide bonds. The molecule has 0 fully saturated rings. The molecule has 4 heteroatoms. The van der Waals surface area contributed by atoms with Crippen molar-refractivity contribution in [3.63, 3.8) is 0 Å². The number of nitrogens with zero attached hydrogens (tertiary/aromatic N) is 1. The lowest BCUT2D eigenvalue weighted by Gasteiger charge is -2.15. The molecule has 0 spiro atoms. The number of rotatable bonds is 2. The minimum absolute atomic E-state index is 0.109. The number of carbonyl (C=O) groups excluding carboxylic acids is 1. The third-order valence-corrected chi connectivity index (χ3v) is 2.14. The molecule has 0 radical (unpaired) electrons. The number of amides is 1. The summed E-state index contributed by atoms with van der Waals surface area (Å²) in [7, 11) is 4.94. The molecule has 0 aromatic heterocycles. The smallest absolute Gasteiger partial charge is 0.257 e. The molecule has 0 aliphatic rings. The van der Waals surface area contributed by atoms with Gasteiger partial charge in [0.05, 0.1) is 12.7 Å². The molecule has 1 rings (SSSR count). The topological polar surface area (TPSA) is 55.6 Å². The monoisotopic (exact) mass is 208 g/mol. The summed E-state index contributed by atoms with van der Waals surface area (Å²) in [6.07, 6.45) is 0. The Morgan fingerprint density at radius 1 is 1.40 bits per heavy atom. The van der Waals surface area contributed by atoms with Gasteiger partial charge in [0.15, 0.2) is 0 Å². The van der Waals surface area contributed by atoms with Crippen LogP contribution in [-0.2, 0) is 0 Å². The first kappa shape index (κ1) is 11.4. The number of aryl methyl sites for hydroxylation is 1. The first-order valence-electron chi connectivity index (χ1n) is 4.63. The molecule has 0 bridgehead atoms. The largest absolute Gasteiger partial charge is 0.496 e. The van der Waals surface area contributed by atoms with Crippen molar-refractivity contribution in [2.75, 3.05) is 26.9 Å². The van der Waals surface area contributed by atoms with Gasteiger partial charge in [-0.15, -0.1) is 0 Å². The predicted molar refractivity (Wildman–Crippen MR) is 60.2 cm³/mol. The van der Waals surface area contributed by atoms with Gasteiger partial charge in [-0.1, -0.05) is 0 Å². The minimum Gasteiger partial charge on any atom is -0.496 e. The van der Waals surface area contributed by atoms with E-state index in [-0.39, 0.29) is 5.91 Å². The van der Waals surface area contributed by atoms with E-state index >= 15 is 0 Å². The molecule has 0 aliphatic heterocycles. The standard InChI is InChI=1S/C11H16N2O2/c1-7-5-8(12)6-9(10(7)15-4)11(14)13(2)3/h5-6H,12H2,1-4H3. The maximum Gasteiger partial charge on any atom is 0.257 e. The van der Waals surface area contributed by atoms with Gasteiger partial charge < -0.3 is 15.4 Å². The summed E-state index contributed by atoms with van der Waals surface area (Å²) in [5, 5.41) is 0. The summed E-state index contributed by atoms with van der Waals surface area (Å²) in [5.74, 6) is 0.477. The maximum atomic E-state index is 11.8. The van der Waals surface area contributed by atoms with Gasteiger partial charge in [0, 0.05) is 19.8 Å². The highest BCUT2D eigenvalue weighted by Crippen LogP contribution is 2.26. The maximum absolute atomic E-state index is 11.8. The molecule has 1 aromatic rings. The fourth-order valence-electron chi connectivity index (χ4n) is 1.47. The predicted octanol–water partition coefficient (Wildman–Crippen LogP) is 1.29. The second-order valence-corrected chi connectivity index (χ2v) is 3.62. The number of nitrogens with two attached hydrogens (primary N) is 1. The Labute approximate surface area is 89.6 Å². The number of hydrogen-bond acceptors (Lipinski definition) is 3. The molecular formula is C11H16N2O2. The fourth-order valence-corrected chi connectivity index (χ4v) is 1.47. The van der Waals surface area contributed by atoms with Crippen molar-refractivity contribution >= 4 is 11.6 Å². The SMILES string of the molecule is COc1c(C)cc(N)cc1C(=O)N(C)C. The van der Waals surface area contributed by atoms with Crippen LogP contribution < -0.4 is 10.5 Å². The summed E-state index contributed by atoms with van der Waals surface area (Å²) in [6.45, 7) is 1.86. The molecule has 1 aromatic carbocycles. The fraction of sp³-hybridized carbons (Fsp3) is 0.364. The van der Waals surface area contributed by atoms with Crippen LogP contribution in [-0.4, -0.2) is 32.0 Å². The van der Waals surface area contributed by atoms with Gasteiger partial charge in [0.25, 0.3) is 5.91 Å². The number of anilines is 1. The zero-order valence-corrected chi connectivity index (χ0v) is 9.50. The van der Waals surface area contributed by atoms with Crippen molar-refractivity contribution in [2.45, 2.75) is 6.92 Å². The van der Waals surface area contributed by atoms with Gasteiger partial charge in [-0.2, -0.15) is 0 Å². The van der Waals surface area contributed by atoms with Gasteiger partial charge >= 0.3 is 0 Å². The van der Waals surface area contributed by atoms with Crippen molar-refractivity contribution < 1.29 is 9.53 Å². The average molecular weight is 208 g/mol. The van der Waals surface area contributed by atoms with Gasteiger partial charge in [0.1, 0.15) is 5.75 Å². The first-order chi connectivity index (χ1) is 6.97. The van der Waals surface area contributed by atoms with E-state index in [1.807, 2.05) is 6.92 Å². The van der Waals surface area contributed by atoms with Gasteiger partial charge in [0.2, 0.25) is 0 Å². The molecule has 0 unspecified atom stereocenters. The highest BCUT2D eigenvalue weighted by Gasteiger charge is 2.16. The van der Waals surface area contributed by atoms with E-state index in [2.05, 4.69) is 0 Å². The number of hydrogen-bond donors (Lipinski definition) is 1. The van der Waals surface area contributed by atoms with Crippen LogP contribution in [0, 0.1) is 6.92 Å². The number of ether oxygens (including phenoxy) is 1. The molecule has 0 saturated carbocycles. The average Bonchev–Trinajstić information content (AvgIpc) is 2.15. The molecule has 15 heavy (non-hydrogen) atoms. The highest BCUT2D eigenvalue weighted by atomic mass is 16.5. The molecule has 0 aliphatic carbocycles. The van der Waals surface area contributed by atoms with Crippen molar-refractivity contribution in [3.05, 3.63) is 23.3 Å². The lowest BCUT2D eigenvalue weighted by atomic mass is 10.1. The highest BCUT2D eigenvalue weighted by molar-refractivity contribution is 5.98. The molecule has 0 saturated heterocycles. The second-order valence-electron chi connectivity index (χ2n) is 3.62. The summed E-state index contributed by atoms with van der Waals surface area (Å²) >= 11 is 0. The summed E-state index contributed by atoms with van der Waals surface area (Å²) in [5.41, 5.74) is 7.63.